The zero-order valence-corrected chi connectivity index (χ0v) is 12.1. The maximum atomic E-state index is 12.8. The molecular formula is C17H12ClNO2. The molecule has 0 atom stereocenters. The number of halogens is 1. The zero-order chi connectivity index (χ0) is 14.8. The van der Waals surface area contributed by atoms with Crippen molar-refractivity contribution < 1.29 is 9.53 Å². The highest BCUT2D eigenvalue weighted by atomic mass is 35.5. The molecule has 1 aromatic heterocycles. The smallest absolute Gasteiger partial charge is 0.198 e. The Morgan fingerprint density at radius 2 is 1.90 bits per heavy atom. The second-order valence-electron chi connectivity index (χ2n) is 4.55. The summed E-state index contributed by atoms with van der Waals surface area (Å²) in [5.41, 5.74) is 1.64. The summed E-state index contributed by atoms with van der Waals surface area (Å²) in [7, 11) is 1.53. The minimum atomic E-state index is -0.154. The number of hydrogen-bond donors (Lipinski definition) is 0. The Kier molecular flexibility index (Phi) is 3.59. The fourth-order valence-electron chi connectivity index (χ4n) is 2.29. The number of methoxy groups -OCH3 is 1. The molecule has 0 spiro atoms. The van der Waals surface area contributed by atoms with Crippen molar-refractivity contribution in [1.29, 1.82) is 0 Å². The Hall–Kier alpha value is -2.39. The SMILES string of the molecule is COc1ccc(Cl)cc1C(=O)c1cccc2cccnc12. The molecule has 21 heavy (non-hydrogen) atoms. The van der Waals surface area contributed by atoms with Crippen molar-refractivity contribution in [3.63, 3.8) is 0 Å². The molecule has 0 unspecified atom stereocenters. The summed E-state index contributed by atoms with van der Waals surface area (Å²) in [4.78, 5) is 17.1. The van der Waals surface area contributed by atoms with E-state index in [1.165, 1.54) is 7.11 Å². The van der Waals surface area contributed by atoms with Crippen molar-refractivity contribution in [1.82, 2.24) is 4.98 Å². The van der Waals surface area contributed by atoms with Crippen LogP contribution in [0.3, 0.4) is 0 Å². The van der Waals surface area contributed by atoms with Gasteiger partial charge in [0.05, 0.1) is 18.2 Å². The molecule has 3 nitrogen and oxygen atoms in total. The van der Waals surface area contributed by atoms with E-state index in [1.807, 2.05) is 24.3 Å². The number of carbonyl (C=O) groups excluding carboxylic acids is 1. The van der Waals surface area contributed by atoms with Gasteiger partial charge < -0.3 is 4.74 Å². The van der Waals surface area contributed by atoms with Crippen LogP contribution in [0.15, 0.2) is 54.7 Å². The van der Waals surface area contributed by atoms with E-state index in [4.69, 9.17) is 16.3 Å². The topological polar surface area (TPSA) is 39.2 Å². The first-order valence-corrected chi connectivity index (χ1v) is 6.80. The molecular weight excluding hydrogens is 286 g/mol. The van der Waals surface area contributed by atoms with E-state index in [9.17, 15) is 4.79 Å². The number of ether oxygens (including phenoxy) is 1. The Bertz CT molecular complexity index is 825. The van der Waals surface area contributed by atoms with Gasteiger partial charge in [-0.2, -0.15) is 0 Å². The van der Waals surface area contributed by atoms with Gasteiger partial charge in [-0.3, -0.25) is 9.78 Å². The van der Waals surface area contributed by atoms with Gasteiger partial charge >= 0.3 is 0 Å². The van der Waals surface area contributed by atoms with Gasteiger partial charge in [-0.1, -0.05) is 29.8 Å². The second kappa shape index (κ2) is 5.54. The van der Waals surface area contributed by atoms with E-state index in [1.54, 1.807) is 30.5 Å². The lowest BCUT2D eigenvalue weighted by Crippen LogP contribution is -2.05. The molecule has 2 aromatic carbocycles. The lowest BCUT2D eigenvalue weighted by atomic mass is 9.99. The first-order valence-electron chi connectivity index (χ1n) is 6.42. The van der Waals surface area contributed by atoms with Gasteiger partial charge in [0.2, 0.25) is 0 Å². The summed E-state index contributed by atoms with van der Waals surface area (Å²) >= 11 is 6.00. The second-order valence-corrected chi connectivity index (χ2v) is 4.99. The summed E-state index contributed by atoms with van der Waals surface area (Å²) < 4.78 is 5.26. The summed E-state index contributed by atoms with van der Waals surface area (Å²) in [5.74, 6) is 0.344. The van der Waals surface area contributed by atoms with Gasteiger partial charge in [-0.25, -0.2) is 0 Å². The predicted molar refractivity (Wildman–Crippen MR) is 83.2 cm³/mol. The fraction of sp³-hybridized carbons (Fsp3) is 0.0588. The lowest BCUT2D eigenvalue weighted by molar-refractivity contribution is 0.103. The minimum absolute atomic E-state index is 0.154. The van der Waals surface area contributed by atoms with Crippen LogP contribution in [-0.2, 0) is 0 Å². The molecule has 0 bridgehead atoms. The minimum Gasteiger partial charge on any atom is -0.496 e. The first-order chi connectivity index (χ1) is 10.2. The van der Waals surface area contributed by atoms with Crippen molar-refractivity contribution in [2.45, 2.75) is 0 Å². The third-order valence-corrected chi connectivity index (χ3v) is 3.52. The number of fused-ring (bicyclic) bond motifs is 1. The van der Waals surface area contributed by atoms with Crippen LogP contribution >= 0.6 is 11.6 Å². The van der Waals surface area contributed by atoms with Crippen LogP contribution in [0.4, 0.5) is 0 Å². The fourth-order valence-corrected chi connectivity index (χ4v) is 2.46. The monoisotopic (exact) mass is 297 g/mol. The molecule has 0 fully saturated rings. The highest BCUT2D eigenvalue weighted by Crippen LogP contribution is 2.27. The zero-order valence-electron chi connectivity index (χ0n) is 11.3. The van der Waals surface area contributed by atoms with Crippen molar-refractivity contribution in [3.05, 3.63) is 70.9 Å². The van der Waals surface area contributed by atoms with Gasteiger partial charge in [-0.15, -0.1) is 0 Å². The van der Waals surface area contributed by atoms with Gasteiger partial charge in [0.1, 0.15) is 5.75 Å². The van der Waals surface area contributed by atoms with Gasteiger partial charge in [0.25, 0.3) is 0 Å². The molecule has 0 saturated carbocycles. The Labute approximate surface area is 127 Å². The van der Waals surface area contributed by atoms with Gasteiger partial charge in [0, 0.05) is 22.2 Å². The summed E-state index contributed by atoms with van der Waals surface area (Å²) in [6.07, 6.45) is 1.67. The van der Waals surface area contributed by atoms with Crippen molar-refractivity contribution in [2.24, 2.45) is 0 Å². The van der Waals surface area contributed by atoms with E-state index in [0.717, 1.165) is 5.39 Å². The summed E-state index contributed by atoms with van der Waals surface area (Å²) in [6.45, 7) is 0. The van der Waals surface area contributed by atoms with Crippen LogP contribution in [0, 0.1) is 0 Å². The van der Waals surface area contributed by atoms with E-state index in [2.05, 4.69) is 4.98 Å². The molecule has 0 aliphatic carbocycles. The molecule has 3 aromatic rings. The third-order valence-electron chi connectivity index (χ3n) is 3.28. The average molecular weight is 298 g/mol. The number of pyridine rings is 1. The molecule has 0 amide bonds. The Morgan fingerprint density at radius 3 is 2.71 bits per heavy atom. The van der Waals surface area contributed by atoms with E-state index >= 15 is 0 Å². The van der Waals surface area contributed by atoms with Crippen molar-refractivity contribution in [2.75, 3.05) is 7.11 Å². The average Bonchev–Trinajstić information content (AvgIpc) is 2.53. The number of carbonyl (C=O) groups is 1. The third kappa shape index (κ3) is 2.48. The molecule has 0 radical (unpaired) electrons. The van der Waals surface area contributed by atoms with Crippen molar-refractivity contribution in [3.8, 4) is 5.75 Å². The number of benzene rings is 2. The maximum Gasteiger partial charge on any atom is 0.198 e. The quantitative estimate of drug-likeness (QED) is 0.682. The molecule has 1 heterocycles. The largest absolute Gasteiger partial charge is 0.496 e. The highest BCUT2D eigenvalue weighted by Gasteiger charge is 2.17. The summed E-state index contributed by atoms with van der Waals surface area (Å²) in [6, 6.07) is 14.3. The molecule has 0 N–H and O–H groups in total. The lowest BCUT2D eigenvalue weighted by Gasteiger charge is -2.09. The van der Waals surface area contributed by atoms with E-state index in [-0.39, 0.29) is 5.78 Å². The van der Waals surface area contributed by atoms with Gasteiger partial charge in [0.15, 0.2) is 5.78 Å². The number of nitrogens with zero attached hydrogens (tertiary/aromatic N) is 1. The van der Waals surface area contributed by atoms with Crippen LogP contribution in [0.2, 0.25) is 5.02 Å². The standard InChI is InChI=1S/C17H12ClNO2/c1-21-15-8-7-12(18)10-14(15)17(20)13-6-2-4-11-5-3-9-19-16(11)13/h2-10H,1H3. The number of para-hydroxylation sites is 1. The number of hydrogen-bond acceptors (Lipinski definition) is 3. The van der Waals surface area contributed by atoms with Crippen LogP contribution in [0.1, 0.15) is 15.9 Å². The molecule has 0 saturated heterocycles. The predicted octanol–water partition coefficient (Wildman–Crippen LogP) is 4.13. The Balaban J connectivity index is 2.20. The normalized spacial score (nSPS) is 10.6. The maximum absolute atomic E-state index is 12.8. The van der Waals surface area contributed by atoms with Crippen LogP contribution < -0.4 is 4.74 Å². The molecule has 4 heteroatoms. The van der Waals surface area contributed by atoms with Gasteiger partial charge in [-0.05, 0) is 30.3 Å². The van der Waals surface area contributed by atoms with Crippen LogP contribution in [0.25, 0.3) is 10.9 Å². The van der Waals surface area contributed by atoms with E-state index in [0.29, 0.717) is 27.4 Å². The highest BCUT2D eigenvalue weighted by molar-refractivity contribution is 6.31. The Morgan fingerprint density at radius 1 is 1.10 bits per heavy atom. The first kappa shape index (κ1) is 13.6. The summed E-state index contributed by atoms with van der Waals surface area (Å²) in [5, 5.41) is 1.41. The van der Waals surface area contributed by atoms with Crippen LogP contribution in [-0.4, -0.2) is 17.9 Å². The number of ketones is 1. The molecule has 0 aliphatic heterocycles. The number of aromatic nitrogens is 1. The molecule has 104 valence electrons. The van der Waals surface area contributed by atoms with Crippen LogP contribution in [0.5, 0.6) is 5.75 Å². The van der Waals surface area contributed by atoms with Crippen molar-refractivity contribution >= 4 is 28.3 Å². The molecule has 0 aliphatic rings. The molecule has 3 rings (SSSR count). The van der Waals surface area contributed by atoms with E-state index < -0.39 is 0 Å². The number of rotatable bonds is 3.